The van der Waals surface area contributed by atoms with Crippen LogP contribution in [0, 0.1) is 11.3 Å². The van der Waals surface area contributed by atoms with Crippen LogP contribution in [0.1, 0.15) is 32.8 Å². The molecule has 80 valence electrons. The molecule has 14 heavy (non-hydrogen) atoms. The first kappa shape index (κ1) is 12.1. The van der Waals surface area contributed by atoms with Gasteiger partial charge in [-0.15, -0.1) is 11.6 Å². The number of alkyl halides is 1. The van der Waals surface area contributed by atoms with Crippen molar-refractivity contribution in [3.63, 3.8) is 0 Å². The van der Waals surface area contributed by atoms with E-state index in [0.717, 1.165) is 12.3 Å². The molecule has 0 radical (unpaired) electrons. The van der Waals surface area contributed by atoms with Gasteiger partial charge in [0.25, 0.3) is 0 Å². The van der Waals surface area contributed by atoms with Gasteiger partial charge in [-0.3, -0.25) is 0 Å². The second kappa shape index (κ2) is 5.18. The van der Waals surface area contributed by atoms with Gasteiger partial charge in [-0.2, -0.15) is 11.3 Å². The van der Waals surface area contributed by atoms with Gasteiger partial charge in [0.15, 0.2) is 0 Å². The molecule has 0 amide bonds. The van der Waals surface area contributed by atoms with Gasteiger partial charge >= 0.3 is 0 Å². The lowest BCUT2D eigenvalue weighted by Crippen LogP contribution is -2.26. The van der Waals surface area contributed by atoms with E-state index >= 15 is 0 Å². The van der Waals surface area contributed by atoms with Gasteiger partial charge in [-0.25, -0.2) is 0 Å². The predicted molar refractivity (Wildman–Crippen MR) is 66.3 cm³/mol. The fraction of sp³-hybridized carbons (Fsp3) is 0.667. The van der Waals surface area contributed by atoms with Crippen LogP contribution in [0.3, 0.4) is 0 Å². The highest BCUT2D eigenvalue weighted by Gasteiger charge is 2.26. The van der Waals surface area contributed by atoms with Crippen LogP contribution in [-0.2, 0) is 6.42 Å². The molecule has 0 nitrogen and oxygen atoms in total. The third kappa shape index (κ3) is 2.99. The van der Waals surface area contributed by atoms with Crippen LogP contribution >= 0.6 is 22.9 Å². The largest absolute Gasteiger partial charge is 0.152 e. The Morgan fingerprint density at radius 1 is 1.50 bits per heavy atom. The summed E-state index contributed by atoms with van der Waals surface area (Å²) < 4.78 is 0. The summed E-state index contributed by atoms with van der Waals surface area (Å²) in [5.41, 5.74) is 1.73. The molecule has 0 bridgehead atoms. The lowest BCUT2D eigenvalue weighted by Gasteiger charge is -2.31. The zero-order valence-corrected chi connectivity index (χ0v) is 10.8. The Morgan fingerprint density at radius 2 is 2.21 bits per heavy atom. The Labute approximate surface area is 96.3 Å². The highest BCUT2D eigenvalue weighted by atomic mass is 35.5. The summed E-state index contributed by atoms with van der Waals surface area (Å²) in [5, 5.41) is 4.37. The lowest BCUT2D eigenvalue weighted by molar-refractivity contribution is 0.235. The molecule has 0 spiro atoms. The Kier molecular flexibility index (Phi) is 4.46. The monoisotopic (exact) mass is 230 g/mol. The van der Waals surface area contributed by atoms with E-state index in [1.165, 1.54) is 12.0 Å². The maximum atomic E-state index is 6.05. The SMILES string of the molecule is CC(C)C(C)(CCl)CCc1ccsc1. The van der Waals surface area contributed by atoms with Crippen LogP contribution in [0.15, 0.2) is 16.8 Å². The summed E-state index contributed by atoms with van der Waals surface area (Å²) in [6.45, 7) is 6.81. The first-order valence-electron chi connectivity index (χ1n) is 5.15. The van der Waals surface area contributed by atoms with Crippen molar-refractivity contribution in [1.82, 2.24) is 0 Å². The van der Waals surface area contributed by atoms with E-state index < -0.39 is 0 Å². The molecule has 0 N–H and O–H groups in total. The zero-order valence-electron chi connectivity index (χ0n) is 9.22. The van der Waals surface area contributed by atoms with Gasteiger partial charge in [0.2, 0.25) is 0 Å². The quantitative estimate of drug-likeness (QED) is 0.650. The van der Waals surface area contributed by atoms with Crippen LogP contribution in [0.25, 0.3) is 0 Å². The van der Waals surface area contributed by atoms with E-state index in [1.54, 1.807) is 11.3 Å². The topological polar surface area (TPSA) is 0 Å². The second-order valence-corrected chi connectivity index (χ2v) is 5.62. The van der Waals surface area contributed by atoms with Crippen LogP contribution in [0.2, 0.25) is 0 Å². The highest BCUT2D eigenvalue weighted by Crippen LogP contribution is 2.33. The van der Waals surface area contributed by atoms with E-state index in [1.807, 2.05) is 0 Å². The molecule has 1 aromatic heterocycles. The van der Waals surface area contributed by atoms with Crippen LogP contribution in [-0.4, -0.2) is 5.88 Å². The van der Waals surface area contributed by atoms with Gasteiger partial charge in [0.05, 0.1) is 0 Å². The molecule has 1 heterocycles. The third-order valence-electron chi connectivity index (χ3n) is 3.26. The minimum atomic E-state index is 0.281. The van der Waals surface area contributed by atoms with Gasteiger partial charge in [0.1, 0.15) is 0 Å². The standard InChI is InChI=1S/C12H19ClS/c1-10(2)12(3,9-13)6-4-11-5-7-14-8-11/h5,7-8,10H,4,6,9H2,1-3H3. The summed E-state index contributed by atoms with van der Waals surface area (Å²) in [5.74, 6) is 1.41. The van der Waals surface area contributed by atoms with Crippen molar-refractivity contribution in [2.75, 3.05) is 5.88 Å². The van der Waals surface area contributed by atoms with Gasteiger partial charge in [0, 0.05) is 5.88 Å². The fourth-order valence-corrected chi connectivity index (χ4v) is 2.52. The predicted octanol–water partition coefficient (Wildman–Crippen LogP) is 4.58. The van der Waals surface area contributed by atoms with E-state index in [-0.39, 0.29) is 5.41 Å². The maximum Gasteiger partial charge on any atom is 0.0279 e. The Bertz CT molecular complexity index is 253. The summed E-state index contributed by atoms with van der Waals surface area (Å²) in [4.78, 5) is 0. The average molecular weight is 231 g/mol. The van der Waals surface area contributed by atoms with Crippen molar-refractivity contribution >= 4 is 22.9 Å². The fourth-order valence-electron chi connectivity index (χ4n) is 1.37. The van der Waals surface area contributed by atoms with Crippen molar-refractivity contribution in [2.45, 2.75) is 33.6 Å². The van der Waals surface area contributed by atoms with Crippen molar-refractivity contribution in [3.05, 3.63) is 22.4 Å². The van der Waals surface area contributed by atoms with E-state index in [0.29, 0.717) is 5.92 Å². The number of halogens is 1. The Morgan fingerprint density at radius 3 is 2.64 bits per heavy atom. The number of rotatable bonds is 5. The van der Waals surface area contributed by atoms with Crippen LogP contribution in [0.4, 0.5) is 0 Å². The molecule has 0 aliphatic carbocycles. The Hall–Kier alpha value is -0.0100. The molecule has 1 atom stereocenters. The maximum absolute atomic E-state index is 6.05. The number of hydrogen-bond acceptors (Lipinski definition) is 1. The molecule has 0 aliphatic heterocycles. The van der Waals surface area contributed by atoms with Crippen molar-refractivity contribution in [2.24, 2.45) is 11.3 Å². The summed E-state index contributed by atoms with van der Waals surface area (Å²) in [6.07, 6.45) is 2.34. The zero-order chi connectivity index (χ0) is 10.6. The van der Waals surface area contributed by atoms with E-state index in [4.69, 9.17) is 11.6 Å². The van der Waals surface area contributed by atoms with Crippen LogP contribution < -0.4 is 0 Å². The minimum absolute atomic E-state index is 0.281. The first-order valence-corrected chi connectivity index (χ1v) is 6.63. The van der Waals surface area contributed by atoms with Gasteiger partial charge < -0.3 is 0 Å². The van der Waals surface area contributed by atoms with Crippen molar-refractivity contribution < 1.29 is 0 Å². The smallest absolute Gasteiger partial charge is 0.0279 e. The van der Waals surface area contributed by atoms with Crippen molar-refractivity contribution in [1.29, 1.82) is 0 Å². The summed E-state index contributed by atoms with van der Waals surface area (Å²) in [7, 11) is 0. The molecule has 1 aromatic rings. The third-order valence-corrected chi connectivity index (χ3v) is 4.61. The Balaban J connectivity index is 2.50. The molecule has 0 aromatic carbocycles. The molecule has 0 aliphatic rings. The van der Waals surface area contributed by atoms with Crippen LogP contribution in [0.5, 0.6) is 0 Å². The average Bonchev–Trinajstić information content (AvgIpc) is 2.66. The molecular weight excluding hydrogens is 212 g/mol. The normalized spacial score (nSPS) is 15.8. The van der Waals surface area contributed by atoms with Crippen molar-refractivity contribution in [3.8, 4) is 0 Å². The number of aryl methyl sites for hydroxylation is 1. The second-order valence-electron chi connectivity index (χ2n) is 4.57. The minimum Gasteiger partial charge on any atom is -0.152 e. The van der Waals surface area contributed by atoms with Gasteiger partial charge in [-0.1, -0.05) is 20.8 Å². The number of thiophene rings is 1. The molecule has 2 heteroatoms. The van der Waals surface area contributed by atoms with E-state index in [9.17, 15) is 0 Å². The first-order chi connectivity index (χ1) is 6.58. The molecule has 0 fully saturated rings. The molecule has 0 saturated carbocycles. The molecular formula is C12H19ClS. The highest BCUT2D eigenvalue weighted by molar-refractivity contribution is 7.07. The summed E-state index contributed by atoms with van der Waals surface area (Å²) in [6, 6.07) is 2.21. The molecule has 0 saturated heterocycles. The van der Waals surface area contributed by atoms with Gasteiger partial charge in [-0.05, 0) is 46.6 Å². The molecule has 1 rings (SSSR count). The summed E-state index contributed by atoms with van der Waals surface area (Å²) >= 11 is 7.82. The lowest BCUT2D eigenvalue weighted by atomic mass is 9.76. The number of hydrogen-bond donors (Lipinski definition) is 0. The van der Waals surface area contributed by atoms with E-state index in [2.05, 4.69) is 37.6 Å². The molecule has 1 unspecified atom stereocenters.